The number of hydrogen-bond acceptors (Lipinski definition) is 4. The first-order chi connectivity index (χ1) is 8.02. The third-order valence-corrected chi connectivity index (χ3v) is 2.62. The normalized spacial score (nSPS) is 15.2. The van der Waals surface area contributed by atoms with Crippen molar-refractivity contribution in [2.75, 3.05) is 19.7 Å². The van der Waals surface area contributed by atoms with Crippen molar-refractivity contribution in [2.24, 2.45) is 5.92 Å². The minimum absolute atomic E-state index is 0.0547. The van der Waals surface area contributed by atoms with Crippen LogP contribution in [0.3, 0.4) is 0 Å². The molecular formula is C11H17NO5. The van der Waals surface area contributed by atoms with Gasteiger partial charge in [-0.3, -0.25) is 14.4 Å². The lowest BCUT2D eigenvalue weighted by Crippen LogP contribution is -2.50. The zero-order chi connectivity index (χ0) is 12.8. The van der Waals surface area contributed by atoms with Crippen LogP contribution in [0.2, 0.25) is 0 Å². The molecule has 0 aromatic heterocycles. The maximum Gasteiger partial charge on any atom is 0.306 e. The van der Waals surface area contributed by atoms with Crippen molar-refractivity contribution >= 4 is 17.8 Å². The number of aliphatic carboxylic acids is 1. The van der Waals surface area contributed by atoms with Crippen LogP contribution in [0.15, 0.2) is 0 Å². The van der Waals surface area contributed by atoms with E-state index >= 15 is 0 Å². The first-order valence-electron chi connectivity index (χ1n) is 5.68. The summed E-state index contributed by atoms with van der Waals surface area (Å²) in [6.07, 6.45) is 0.326. The van der Waals surface area contributed by atoms with Gasteiger partial charge in [-0.1, -0.05) is 0 Å². The number of ether oxygens (including phenoxy) is 1. The van der Waals surface area contributed by atoms with Gasteiger partial charge in [-0.25, -0.2) is 0 Å². The number of carbonyl (C=O) groups is 3. The van der Waals surface area contributed by atoms with Crippen LogP contribution in [-0.2, 0) is 19.1 Å². The van der Waals surface area contributed by atoms with Gasteiger partial charge in [0.05, 0.1) is 19.4 Å². The molecule has 1 saturated heterocycles. The number of carboxylic acid groups (broad SMARTS) is 1. The van der Waals surface area contributed by atoms with E-state index < -0.39 is 5.97 Å². The number of carboxylic acids is 1. The Morgan fingerprint density at radius 3 is 2.47 bits per heavy atom. The van der Waals surface area contributed by atoms with E-state index in [9.17, 15) is 14.4 Å². The summed E-state index contributed by atoms with van der Waals surface area (Å²) in [5.41, 5.74) is 0. The largest absolute Gasteiger partial charge is 0.481 e. The third-order valence-electron chi connectivity index (χ3n) is 2.62. The van der Waals surface area contributed by atoms with Gasteiger partial charge in [0.15, 0.2) is 0 Å². The highest BCUT2D eigenvalue weighted by Gasteiger charge is 2.31. The molecule has 0 aliphatic carbocycles. The maximum atomic E-state index is 11.5. The fourth-order valence-corrected chi connectivity index (χ4v) is 1.75. The Morgan fingerprint density at radius 1 is 1.29 bits per heavy atom. The van der Waals surface area contributed by atoms with Crippen molar-refractivity contribution in [3.05, 3.63) is 0 Å². The molecule has 1 heterocycles. The van der Waals surface area contributed by atoms with Gasteiger partial charge in [0, 0.05) is 25.4 Å². The van der Waals surface area contributed by atoms with E-state index in [1.807, 2.05) is 0 Å². The summed E-state index contributed by atoms with van der Waals surface area (Å²) in [5, 5.41) is 8.54. The molecule has 1 fully saturated rings. The van der Waals surface area contributed by atoms with Crippen LogP contribution in [-0.4, -0.2) is 47.5 Å². The van der Waals surface area contributed by atoms with E-state index in [1.165, 1.54) is 0 Å². The van der Waals surface area contributed by atoms with Gasteiger partial charge in [-0.2, -0.15) is 0 Å². The number of likely N-dealkylation sites (tertiary alicyclic amines) is 1. The Bertz CT molecular complexity index is 309. The third kappa shape index (κ3) is 4.42. The molecule has 0 bridgehead atoms. The highest BCUT2D eigenvalue weighted by Crippen LogP contribution is 2.20. The Labute approximate surface area is 99.5 Å². The highest BCUT2D eigenvalue weighted by atomic mass is 16.5. The molecule has 0 spiro atoms. The van der Waals surface area contributed by atoms with Gasteiger partial charge in [-0.15, -0.1) is 0 Å². The molecule has 1 rings (SSSR count). The SMILES string of the molecule is CCOC(=O)CCC(=O)N1CC(CC(=O)O)C1. The van der Waals surface area contributed by atoms with Crippen LogP contribution in [0.4, 0.5) is 0 Å². The van der Waals surface area contributed by atoms with Crippen LogP contribution in [0.1, 0.15) is 26.2 Å². The predicted octanol–water partition coefficient (Wildman–Crippen LogP) is 0.263. The monoisotopic (exact) mass is 243 g/mol. The smallest absolute Gasteiger partial charge is 0.306 e. The highest BCUT2D eigenvalue weighted by molar-refractivity contribution is 5.82. The van der Waals surface area contributed by atoms with Crippen molar-refractivity contribution < 1.29 is 24.2 Å². The number of nitrogens with zero attached hydrogens (tertiary/aromatic N) is 1. The van der Waals surface area contributed by atoms with Gasteiger partial charge in [0.1, 0.15) is 0 Å². The average Bonchev–Trinajstić information content (AvgIpc) is 2.19. The quantitative estimate of drug-likeness (QED) is 0.676. The molecule has 0 unspecified atom stereocenters. The van der Waals surface area contributed by atoms with E-state index in [2.05, 4.69) is 0 Å². The number of hydrogen-bond donors (Lipinski definition) is 1. The first-order valence-corrected chi connectivity index (χ1v) is 5.68. The summed E-state index contributed by atoms with van der Waals surface area (Å²) >= 11 is 0. The van der Waals surface area contributed by atoms with Gasteiger partial charge in [0.25, 0.3) is 0 Å². The van der Waals surface area contributed by atoms with Crippen molar-refractivity contribution in [3.63, 3.8) is 0 Å². The summed E-state index contributed by atoms with van der Waals surface area (Å²) < 4.78 is 4.71. The van der Waals surface area contributed by atoms with Gasteiger partial charge < -0.3 is 14.7 Å². The maximum absolute atomic E-state index is 11.5. The van der Waals surface area contributed by atoms with E-state index in [0.29, 0.717) is 19.7 Å². The molecule has 0 aromatic rings. The van der Waals surface area contributed by atoms with Crippen molar-refractivity contribution in [1.82, 2.24) is 4.90 Å². The van der Waals surface area contributed by atoms with Gasteiger partial charge in [-0.05, 0) is 6.92 Å². The topological polar surface area (TPSA) is 83.9 Å². The second-order valence-corrected chi connectivity index (χ2v) is 4.07. The van der Waals surface area contributed by atoms with Crippen LogP contribution < -0.4 is 0 Å². The molecule has 0 radical (unpaired) electrons. The molecular weight excluding hydrogens is 226 g/mol. The summed E-state index contributed by atoms with van der Waals surface area (Å²) in [5.74, 6) is -1.27. The summed E-state index contributed by atoms with van der Waals surface area (Å²) in [6, 6.07) is 0. The van der Waals surface area contributed by atoms with E-state index in [0.717, 1.165) is 0 Å². The Hall–Kier alpha value is -1.59. The molecule has 0 saturated carbocycles. The minimum Gasteiger partial charge on any atom is -0.481 e. The molecule has 1 amide bonds. The van der Waals surface area contributed by atoms with Crippen LogP contribution in [0.25, 0.3) is 0 Å². The molecule has 1 N–H and O–H groups in total. The fourth-order valence-electron chi connectivity index (χ4n) is 1.75. The van der Waals surface area contributed by atoms with Crippen molar-refractivity contribution in [2.45, 2.75) is 26.2 Å². The van der Waals surface area contributed by atoms with Crippen LogP contribution in [0, 0.1) is 5.92 Å². The lowest BCUT2D eigenvalue weighted by Gasteiger charge is -2.38. The molecule has 6 nitrogen and oxygen atoms in total. The number of esters is 1. The zero-order valence-corrected chi connectivity index (χ0v) is 9.85. The molecule has 1 aliphatic rings. The summed E-state index contributed by atoms with van der Waals surface area (Å²) in [6.45, 7) is 2.99. The molecule has 0 atom stereocenters. The lowest BCUT2D eigenvalue weighted by molar-refractivity contribution is -0.148. The molecule has 17 heavy (non-hydrogen) atoms. The Morgan fingerprint density at radius 2 is 1.94 bits per heavy atom. The molecule has 96 valence electrons. The van der Waals surface area contributed by atoms with E-state index in [4.69, 9.17) is 9.84 Å². The number of carbonyl (C=O) groups excluding carboxylic acids is 2. The van der Waals surface area contributed by atoms with Crippen molar-refractivity contribution in [1.29, 1.82) is 0 Å². The predicted molar refractivity (Wildman–Crippen MR) is 58.2 cm³/mol. The number of amides is 1. The van der Waals surface area contributed by atoms with Crippen LogP contribution >= 0.6 is 0 Å². The van der Waals surface area contributed by atoms with Gasteiger partial charge in [0.2, 0.25) is 5.91 Å². The standard InChI is InChI=1S/C11H17NO5/c1-2-17-11(16)4-3-9(13)12-6-8(7-12)5-10(14)15/h8H,2-7H2,1H3,(H,14,15). The first kappa shape index (κ1) is 13.5. The fraction of sp³-hybridized carbons (Fsp3) is 0.727. The summed E-state index contributed by atoms with van der Waals surface area (Å²) in [4.78, 5) is 34.5. The second-order valence-electron chi connectivity index (χ2n) is 4.07. The Kier molecular flexibility index (Phi) is 4.93. The molecule has 1 aliphatic heterocycles. The van der Waals surface area contributed by atoms with E-state index in [-0.39, 0.29) is 37.1 Å². The van der Waals surface area contributed by atoms with Crippen molar-refractivity contribution in [3.8, 4) is 0 Å². The van der Waals surface area contributed by atoms with Gasteiger partial charge >= 0.3 is 11.9 Å². The Balaban J connectivity index is 2.15. The lowest BCUT2D eigenvalue weighted by atomic mass is 9.96. The summed E-state index contributed by atoms with van der Waals surface area (Å²) in [7, 11) is 0. The van der Waals surface area contributed by atoms with E-state index in [1.54, 1.807) is 11.8 Å². The zero-order valence-electron chi connectivity index (χ0n) is 9.85. The minimum atomic E-state index is -0.839. The number of rotatable bonds is 6. The average molecular weight is 243 g/mol. The van der Waals surface area contributed by atoms with Crippen LogP contribution in [0.5, 0.6) is 0 Å². The second kappa shape index (κ2) is 6.22. The molecule has 0 aromatic carbocycles. The molecule has 6 heteroatoms.